The molecule has 1 aromatic carbocycles. The number of benzene rings is 1. The topological polar surface area (TPSA) is 12.0 Å². The molecule has 1 rings (SSSR count). The van der Waals surface area contributed by atoms with Crippen LogP contribution in [0.2, 0.25) is 5.02 Å². The summed E-state index contributed by atoms with van der Waals surface area (Å²) in [5.41, 5.74) is 1.06. The van der Waals surface area contributed by atoms with Crippen LogP contribution in [-0.2, 0) is 0 Å². The Balaban J connectivity index is 2.59. The van der Waals surface area contributed by atoms with E-state index in [9.17, 15) is 0 Å². The molecule has 0 aliphatic rings. The lowest BCUT2D eigenvalue weighted by Gasteiger charge is -2.07. The number of anilines is 1. The molecule has 72 valence electrons. The standard InChI is InChI=1S/C9H11BrClNS/c1-13-5-4-12-9-6-7(11)2-3-8(9)10/h2-3,6,12H,4-5H2,1H3. The van der Waals surface area contributed by atoms with Crippen molar-refractivity contribution in [3.05, 3.63) is 27.7 Å². The highest BCUT2D eigenvalue weighted by molar-refractivity contribution is 9.10. The first-order chi connectivity index (χ1) is 6.24. The summed E-state index contributed by atoms with van der Waals surface area (Å²) in [6.45, 7) is 0.958. The van der Waals surface area contributed by atoms with E-state index in [1.807, 2.05) is 30.0 Å². The third-order valence-corrected chi connectivity index (χ3v) is 3.09. The van der Waals surface area contributed by atoms with Crippen LogP contribution in [0.1, 0.15) is 0 Å². The number of hydrogen-bond acceptors (Lipinski definition) is 2. The van der Waals surface area contributed by atoms with Crippen LogP contribution in [0.3, 0.4) is 0 Å². The van der Waals surface area contributed by atoms with Crippen molar-refractivity contribution in [3.63, 3.8) is 0 Å². The van der Waals surface area contributed by atoms with E-state index in [1.165, 1.54) is 0 Å². The fourth-order valence-electron chi connectivity index (χ4n) is 0.921. The van der Waals surface area contributed by atoms with Crippen LogP contribution >= 0.6 is 39.3 Å². The summed E-state index contributed by atoms with van der Waals surface area (Å²) in [6.07, 6.45) is 2.09. The highest BCUT2D eigenvalue weighted by Gasteiger charge is 1.98. The molecule has 0 amide bonds. The first-order valence-corrected chi connectivity index (χ1v) is 6.48. The molecular formula is C9H11BrClNS. The van der Waals surface area contributed by atoms with E-state index >= 15 is 0 Å². The Hall–Kier alpha value is 0.140. The van der Waals surface area contributed by atoms with Crippen LogP contribution in [0.25, 0.3) is 0 Å². The molecule has 0 aliphatic heterocycles. The van der Waals surface area contributed by atoms with Gasteiger partial charge in [0.05, 0.1) is 0 Å². The fourth-order valence-corrected chi connectivity index (χ4v) is 1.79. The van der Waals surface area contributed by atoms with Crippen molar-refractivity contribution < 1.29 is 0 Å². The van der Waals surface area contributed by atoms with E-state index in [2.05, 4.69) is 27.5 Å². The summed E-state index contributed by atoms with van der Waals surface area (Å²) in [5, 5.41) is 4.06. The molecule has 0 radical (unpaired) electrons. The van der Waals surface area contributed by atoms with Gasteiger partial charge in [0.15, 0.2) is 0 Å². The number of nitrogens with one attached hydrogen (secondary N) is 1. The zero-order valence-corrected chi connectivity index (χ0v) is 10.5. The van der Waals surface area contributed by atoms with Gasteiger partial charge in [-0.1, -0.05) is 11.6 Å². The minimum atomic E-state index is 0.759. The second-order valence-corrected chi connectivity index (χ2v) is 4.82. The lowest BCUT2D eigenvalue weighted by atomic mass is 10.3. The first kappa shape index (κ1) is 11.2. The molecule has 0 bridgehead atoms. The van der Waals surface area contributed by atoms with Gasteiger partial charge in [-0.25, -0.2) is 0 Å². The highest BCUT2D eigenvalue weighted by atomic mass is 79.9. The molecule has 0 unspecified atom stereocenters. The van der Waals surface area contributed by atoms with Gasteiger partial charge in [-0.2, -0.15) is 11.8 Å². The van der Waals surface area contributed by atoms with Gasteiger partial charge in [0.25, 0.3) is 0 Å². The van der Waals surface area contributed by atoms with Crippen molar-refractivity contribution >= 4 is 45.0 Å². The van der Waals surface area contributed by atoms with E-state index in [0.29, 0.717) is 0 Å². The van der Waals surface area contributed by atoms with Crippen LogP contribution in [-0.4, -0.2) is 18.6 Å². The van der Waals surface area contributed by atoms with E-state index in [4.69, 9.17) is 11.6 Å². The molecule has 0 spiro atoms. The van der Waals surface area contributed by atoms with Gasteiger partial charge in [0.2, 0.25) is 0 Å². The third kappa shape index (κ3) is 3.79. The Morgan fingerprint density at radius 1 is 1.54 bits per heavy atom. The second kappa shape index (κ2) is 5.78. The maximum atomic E-state index is 5.86. The van der Waals surface area contributed by atoms with Gasteiger partial charge in [-0.15, -0.1) is 0 Å². The van der Waals surface area contributed by atoms with Gasteiger partial charge in [0.1, 0.15) is 0 Å². The molecule has 0 aromatic heterocycles. The molecule has 13 heavy (non-hydrogen) atoms. The van der Waals surface area contributed by atoms with Gasteiger partial charge in [0, 0.05) is 27.5 Å². The van der Waals surface area contributed by atoms with Crippen LogP contribution in [0, 0.1) is 0 Å². The van der Waals surface area contributed by atoms with Crippen molar-refractivity contribution in [2.75, 3.05) is 23.9 Å². The van der Waals surface area contributed by atoms with Gasteiger partial charge >= 0.3 is 0 Å². The van der Waals surface area contributed by atoms with Crippen molar-refractivity contribution in [2.45, 2.75) is 0 Å². The zero-order valence-electron chi connectivity index (χ0n) is 7.31. The fraction of sp³-hybridized carbons (Fsp3) is 0.333. The number of halogens is 2. The normalized spacial score (nSPS) is 10.1. The molecule has 1 N–H and O–H groups in total. The highest BCUT2D eigenvalue weighted by Crippen LogP contribution is 2.25. The zero-order chi connectivity index (χ0) is 9.68. The number of hydrogen-bond donors (Lipinski definition) is 1. The Morgan fingerprint density at radius 3 is 3.00 bits per heavy atom. The molecule has 0 atom stereocenters. The summed E-state index contributed by atoms with van der Waals surface area (Å²) in [7, 11) is 0. The summed E-state index contributed by atoms with van der Waals surface area (Å²) in [5.74, 6) is 1.10. The Labute approximate surface area is 96.4 Å². The molecule has 0 saturated heterocycles. The van der Waals surface area contributed by atoms with Crippen molar-refractivity contribution in [2.24, 2.45) is 0 Å². The molecule has 1 nitrogen and oxygen atoms in total. The van der Waals surface area contributed by atoms with Crippen LogP contribution in [0.4, 0.5) is 5.69 Å². The average Bonchev–Trinajstić information content (AvgIpc) is 2.11. The summed E-state index contributed by atoms with van der Waals surface area (Å²) < 4.78 is 1.05. The minimum Gasteiger partial charge on any atom is -0.383 e. The van der Waals surface area contributed by atoms with Crippen molar-refractivity contribution in [1.82, 2.24) is 0 Å². The Bertz CT molecular complexity index is 280. The van der Waals surface area contributed by atoms with Gasteiger partial charge in [-0.3, -0.25) is 0 Å². The minimum absolute atomic E-state index is 0.759. The van der Waals surface area contributed by atoms with E-state index < -0.39 is 0 Å². The first-order valence-electron chi connectivity index (χ1n) is 3.92. The van der Waals surface area contributed by atoms with Crippen LogP contribution in [0.5, 0.6) is 0 Å². The molecule has 0 saturated carbocycles. The predicted molar refractivity (Wildman–Crippen MR) is 66.0 cm³/mol. The Morgan fingerprint density at radius 2 is 2.31 bits per heavy atom. The van der Waals surface area contributed by atoms with Crippen LogP contribution < -0.4 is 5.32 Å². The lowest BCUT2D eigenvalue weighted by molar-refractivity contribution is 1.23. The molecule has 1 aromatic rings. The third-order valence-electron chi connectivity index (χ3n) is 1.55. The molecule has 0 heterocycles. The molecule has 0 aliphatic carbocycles. The maximum absolute atomic E-state index is 5.86. The largest absolute Gasteiger partial charge is 0.383 e. The van der Waals surface area contributed by atoms with Crippen molar-refractivity contribution in [1.29, 1.82) is 0 Å². The number of thioether (sulfide) groups is 1. The van der Waals surface area contributed by atoms with E-state index in [-0.39, 0.29) is 0 Å². The molecular weight excluding hydrogens is 270 g/mol. The van der Waals surface area contributed by atoms with Gasteiger partial charge in [-0.05, 0) is 40.4 Å². The SMILES string of the molecule is CSCCNc1cc(Cl)ccc1Br. The van der Waals surface area contributed by atoms with Crippen LogP contribution in [0.15, 0.2) is 22.7 Å². The monoisotopic (exact) mass is 279 g/mol. The van der Waals surface area contributed by atoms with Gasteiger partial charge < -0.3 is 5.32 Å². The van der Waals surface area contributed by atoms with E-state index in [1.54, 1.807) is 0 Å². The van der Waals surface area contributed by atoms with Crippen molar-refractivity contribution in [3.8, 4) is 0 Å². The summed E-state index contributed by atoms with van der Waals surface area (Å²) in [4.78, 5) is 0. The quantitative estimate of drug-likeness (QED) is 0.840. The average molecular weight is 281 g/mol. The maximum Gasteiger partial charge on any atom is 0.0499 e. The van der Waals surface area contributed by atoms with E-state index in [0.717, 1.165) is 27.5 Å². The molecule has 4 heteroatoms. The predicted octanol–water partition coefficient (Wildman–Crippen LogP) is 3.88. The summed E-state index contributed by atoms with van der Waals surface area (Å²) >= 11 is 11.1. The lowest BCUT2D eigenvalue weighted by Crippen LogP contribution is -2.03. The second-order valence-electron chi connectivity index (χ2n) is 2.54. The number of rotatable bonds is 4. The summed E-state index contributed by atoms with van der Waals surface area (Å²) in [6, 6.07) is 5.74. The molecule has 0 fully saturated rings. The Kier molecular flexibility index (Phi) is 4.99. The smallest absolute Gasteiger partial charge is 0.0499 e.